The van der Waals surface area contributed by atoms with Crippen molar-refractivity contribution in [3.63, 3.8) is 0 Å². The van der Waals surface area contributed by atoms with Crippen molar-refractivity contribution in [2.75, 3.05) is 0 Å². The summed E-state index contributed by atoms with van der Waals surface area (Å²) in [5.74, 6) is 3.32. The summed E-state index contributed by atoms with van der Waals surface area (Å²) in [6, 6.07) is 36.3. The van der Waals surface area contributed by atoms with Gasteiger partial charge < -0.3 is 9.30 Å². The van der Waals surface area contributed by atoms with Crippen LogP contribution in [0.2, 0.25) is 0 Å². The van der Waals surface area contributed by atoms with Gasteiger partial charge in [-0.25, -0.2) is 4.98 Å². The van der Waals surface area contributed by atoms with Crippen molar-refractivity contribution in [1.29, 1.82) is 0 Å². The molecule has 6 heteroatoms. The maximum absolute atomic E-state index is 6.41. The maximum Gasteiger partial charge on any atom is 2.00 e. The van der Waals surface area contributed by atoms with Crippen molar-refractivity contribution in [2.45, 2.75) is 53.9 Å². The van der Waals surface area contributed by atoms with E-state index in [9.17, 15) is 0 Å². The molecule has 7 aromatic rings. The van der Waals surface area contributed by atoms with Crippen LogP contribution in [0.3, 0.4) is 0 Å². The van der Waals surface area contributed by atoms with Gasteiger partial charge in [-0.3, -0.25) is 4.68 Å². The second-order valence-electron chi connectivity index (χ2n) is 13.3. The van der Waals surface area contributed by atoms with Gasteiger partial charge in [0, 0.05) is 35.0 Å². The van der Waals surface area contributed by atoms with E-state index in [-0.39, 0.29) is 21.1 Å². The van der Waals surface area contributed by atoms with Gasteiger partial charge >= 0.3 is 21.1 Å². The molecule has 0 saturated carbocycles. The third kappa shape index (κ3) is 6.89. The molecule has 0 atom stereocenters. The summed E-state index contributed by atoms with van der Waals surface area (Å²) in [5, 5.41) is 6.99. The van der Waals surface area contributed by atoms with Crippen LogP contribution in [0, 0.1) is 30.9 Å². The Morgan fingerprint density at radius 2 is 1.62 bits per heavy atom. The second-order valence-corrected chi connectivity index (χ2v) is 13.3. The van der Waals surface area contributed by atoms with Crippen molar-refractivity contribution in [2.24, 2.45) is 11.8 Å². The molecule has 0 aliphatic rings. The van der Waals surface area contributed by atoms with Gasteiger partial charge in [0.1, 0.15) is 5.82 Å². The smallest absolute Gasteiger partial charge is 0.509 e. The Hall–Kier alpha value is -4.47. The van der Waals surface area contributed by atoms with E-state index >= 15 is 0 Å². The van der Waals surface area contributed by atoms with Crippen LogP contribution in [0.4, 0.5) is 0 Å². The summed E-state index contributed by atoms with van der Waals surface area (Å²) in [6.07, 6.45) is 9.13. The van der Waals surface area contributed by atoms with Crippen molar-refractivity contribution >= 4 is 21.8 Å². The molecule has 0 unspecified atom stereocenters. The number of aryl methyl sites for hydroxylation is 2. The van der Waals surface area contributed by atoms with Crippen LogP contribution in [0.5, 0.6) is 11.5 Å². The molecule has 0 bridgehead atoms. The molecule has 0 spiro atoms. The number of fused-ring (bicyclic) bond motifs is 3. The molecule has 3 heterocycles. The van der Waals surface area contributed by atoms with E-state index in [4.69, 9.17) is 14.8 Å². The minimum Gasteiger partial charge on any atom is -0.509 e. The van der Waals surface area contributed by atoms with Crippen molar-refractivity contribution < 1.29 is 25.8 Å². The van der Waals surface area contributed by atoms with Crippen LogP contribution in [0.25, 0.3) is 44.4 Å². The summed E-state index contributed by atoms with van der Waals surface area (Å²) < 4.78 is 10.5. The monoisotopic (exact) mass is 811 g/mol. The number of rotatable bonds is 10. The zero-order chi connectivity index (χ0) is 32.5. The average Bonchev–Trinajstić information content (AvgIpc) is 3.67. The van der Waals surface area contributed by atoms with Crippen LogP contribution >= 0.6 is 0 Å². The molecule has 7 rings (SSSR count). The van der Waals surface area contributed by atoms with Gasteiger partial charge in [-0.05, 0) is 89.5 Å². The molecule has 0 aliphatic heterocycles. The van der Waals surface area contributed by atoms with Gasteiger partial charge in [0.05, 0.1) is 6.20 Å². The molecular weight excluding hydrogens is 772 g/mol. The van der Waals surface area contributed by atoms with Gasteiger partial charge in [-0.15, -0.1) is 35.7 Å². The number of ether oxygens (including phenoxy) is 1. The second kappa shape index (κ2) is 14.3. The Bertz CT molecular complexity index is 2190. The van der Waals surface area contributed by atoms with Crippen molar-refractivity contribution in [3.05, 3.63) is 132 Å². The van der Waals surface area contributed by atoms with E-state index < -0.39 is 0 Å². The summed E-state index contributed by atoms with van der Waals surface area (Å²) in [5.41, 5.74) is 9.09. The first kappa shape index (κ1) is 33.4. The van der Waals surface area contributed by atoms with E-state index in [0.717, 1.165) is 58.1 Å². The standard InChI is InChI=1S/C42H40N4O.Pt/c1-28(2)16-17-31-20-21-43-41(23-31)46-39-15-7-6-14-37(39)38-19-18-36(25-40(38)46)47-35-13-9-12-34(24-35)45-27-33(26-44-45)42-30(5)10-8-11-32(42)22-29(3)4;/h6-15,18-21,23,26-29H,16-17,22H2,1-5H3;/q-2;+2. The normalized spacial score (nSPS) is 11.5. The third-order valence-corrected chi connectivity index (χ3v) is 8.68. The first-order valence-corrected chi connectivity index (χ1v) is 16.6. The van der Waals surface area contributed by atoms with Gasteiger partial charge in [0.25, 0.3) is 0 Å². The van der Waals surface area contributed by atoms with Gasteiger partial charge in [-0.2, -0.15) is 17.2 Å². The molecule has 0 saturated heterocycles. The Morgan fingerprint density at radius 3 is 2.46 bits per heavy atom. The van der Waals surface area contributed by atoms with Gasteiger partial charge in [-0.1, -0.05) is 69.6 Å². The molecule has 0 fully saturated rings. The maximum atomic E-state index is 6.41. The number of nitrogens with zero attached hydrogens (tertiary/aromatic N) is 4. The number of hydrogen-bond acceptors (Lipinski definition) is 3. The van der Waals surface area contributed by atoms with E-state index in [1.165, 1.54) is 22.3 Å². The molecule has 48 heavy (non-hydrogen) atoms. The van der Waals surface area contributed by atoms with E-state index in [2.05, 4.69) is 118 Å². The van der Waals surface area contributed by atoms with E-state index in [1.807, 2.05) is 41.3 Å². The molecule has 0 radical (unpaired) electrons. The number of pyridine rings is 1. The molecule has 3 aromatic heterocycles. The van der Waals surface area contributed by atoms with E-state index in [0.29, 0.717) is 23.3 Å². The predicted molar refractivity (Wildman–Crippen MR) is 192 cm³/mol. The minimum atomic E-state index is 0. The quantitative estimate of drug-likeness (QED) is 0.129. The Kier molecular flexibility index (Phi) is 9.98. The van der Waals surface area contributed by atoms with Crippen LogP contribution in [-0.2, 0) is 33.9 Å². The van der Waals surface area contributed by atoms with Crippen LogP contribution in [0.15, 0.2) is 104 Å². The zero-order valence-electron chi connectivity index (χ0n) is 28.1. The predicted octanol–water partition coefficient (Wildman–Crippen LogP) is 10.5. The summed E-state index contributed by atoms with van der Waals surface area (Å²) >= 11 is 0. The van der Waals surface area contributed by atoms with Gasteiger partial charge in [0.15, 0.2) is 0 Å². The topological polar surface area (TPSA) is 44.9 Å². The Labute approximate surface area is 297 Å². The van der Waals surface area contributed by atoms with Gasteiger partial charge in [0.2, 0.25) is 0 Å². The van der Waals surface area contributed by atoms with Crippen LogP contribution in [0.1, 0.15) is 50.8 Å². The molecule has 4 aromatic carbocycles. The zero-order valence-corrected chi connectivity index (χ0v) is 30.4. The molecule has 0 aliphatic carbocycles. The third-order valence-electron chi connectivity index (χ3n) is 8.68. The fraction of sp³-hybridized carbons (Fsp3) is 0.238. The Morgan fingerprint density at radius 1 is 0.812 bits per heavy atom. The summed E-state index contributed by atoms with van der Waals surface area (Å²) in [6.45, 7) is 11.2. The number of hydrogen-bond donors (Lipinski definition) is 0. The summed E-state index contributed by atoms with van der Waals surface area (Å²) in [4.78, 5) is 4.80. The number of aromatic nitrogens is 4. The molecule has 244 valence electrons. The largest absolute Gasteiger partial charge is 2.00 e. The number of para-hydroxylation sites is 1. The molecule has 5 nitrogen and oxygen atoms in total. The molecular formula is C42H40N4OPt. The SMILES string of the molecule is Cc1cccc(CC(C)C)c1-c1cnn(-c2[c-]c(Oc3[c-]c4c(cc3)c3ccccc3n4-c3cc(CCC(C)C)ccn3)ccc2)c1.[Pt+2]. The molecule has 0 N–H and O–H groups in total. The van der Waals surface area contributed by atoms with Crippen LogP contribution in [-0.4, -0.2) is 19.3 Å². The minimum absolute atomic E-state index is 0. The van der Waals surface area contributed by atoms with E-state index in [1.54, 1.807) is 0 Å². The van der Waals surface area contributed by atoms with Crippen molar-refractivity contribution in [1.82, 2.24) is 19.3 Å². The fourth-order valence-electron chi connectivity index (χ4n) is 6.45. The summed E-state index contributed by atoms with van der Waals surface area (Å²) in [7, 11) is 0. The number of benzene rings is 4. The first-order chi connectivity index (χ1) is 22.8. The average molecular weight is 812 g/mol. The molecule has 0 amide bonds. The van der Waals surface area contributed by atoms with Crippen LogP contribution < -0.4 is 4.74 Å². The first-order valence-electron chi connectivity index (χ1n) is 16.6. The Balaban J connectivity index is 0.00000401. The fourth-order valence-corrected chi connectivity index (χ4v) is 6.45. The van der Waals surface area contributed by atoms with Crippen molar-refractivity contribution in [3.8, 4) is 34.1 Å².